The molecule has 0 amide bonds. The van der Waals surface area contributed by atoms with Crippen molar-refractivity contribution >= 4 is 17.9 Å². The molecule has 0 aromatic carbocycles. The Labute approximate surface area is 489 Å². The van der Waals surface area contributed by atoms with Crippen LogP contribution >= 0.6 is 0 Å². The van der Waals surface area contributed by atoms with E-state index in [-0.39, 0.29) is 31.1 Å². The maximum Gasteiger partial charge on any atom is 0.306 e. The quantitative estimate of drug-likeness (QED) is 0.0261. The number of esters is 3. The maximum absolute atomic E-state index is 12.9. The molecular formula is C73H126O6. The summed E-state index contributed by atoms with van der Waals surface area (Å²) in [4.78, 5) is 38.4. The molecule has 0 fully saturated rings. The molecule has 454 valence electrons. The van der Waals surface area contributed by atoms with E-state index in [0.717, 1.165) is 135 Å². The second-order valence-corrected chi connectivity index (χ2v) is 22.4. The first kappa shape index (κ1) is 75.3. The Bertz CT molecular complexity index is 1540. The van der Waals surface area contributed by atoms with Crippen molar-refractivity contribution in [3.05, 3.63) is 97.2 Å². The van der Waals surface area contributed by atoms with Crippen LogP contribution in [0.3, 0.4) is 0 Å². The van der Waals surface area contributed by atoms with E-state index in [4.69, 9.17) is 14.2 Å². The molecule has 0 bridgehead atoms. The number of unbranched alkanes of at least 4 members (excludes halogenated alkanes) is 34. The third kappa shape index (κ3) is 65.0. The molecule has 1 unspecified atom stereocenters. The summed E-state index contributed by atoms with van der Waals surface area (Å²) in [7, 11) is 0. The van der Waals surface area contributed by atoms with Crippen LogP contribution in [0.25, 0.3) is 0 Å². The molecule has 0 aliphatic rings. The van der Waals surface area contributed by atoms with Crippen molar-refractivity contribution in [3.8, 4) is 0 Å². The van der Waals surface area contributed by atoms with Gasteiger partial charge in [-0.2, -0.15) is 0 Å². The van der Waals surface area contributed by atoms with Gasteiger partial charge in [-0.25, -0.2) is 0 Å². The summed E-state index contributed by atoms with van der Waals surface area (Å²) in [6.45, 7) is 6.48. The molecule has 1 atom stereocenters. The van der Waals surface area contributed by atoms with Gasteiger partial charge in [0, 0.05) is 19.3 Å². The fourth-order valence-corrected chi connectivity index (χ4v) is 9.55. The van der Waals surface area contributed by atoms with Crippen LogP contribution in [-0.2, 0) is 28.6 Å². The summed E-state index contributed by atoms with van der Waals surface area (Å²) < 4.78 is 16.9. The molecular weight excluding hydrogens is 973 g/mol. The van der Waals surface area contributed by atoms with Crippen molar-refractivity contribution in [1.82, 2.24) is 0 Å². The molecule has 0 spiro atoms. The Kier molecular flexibility index (Phi) is 63.7. The van der Waals surface area contributed by atoms with Crippen LogP contribution in [0.1, 0.15) is 329 Å². The van der Waals surface area contributed by atoms with Crippen LogP contribution in [0.2, 0.25) is 0 Å². The van der Waals surface area contributed by atoms with Gasteiger partial charge in [0.2, 0.25) is 0 Å². The average Bonchev–Trinajstić information content (AvgIpc) is 3.45. The predicted octanol–water partition coefficient (Wildman–Crippen LogP) is 23.2. The first-order valence-corrected chi connectivity index (χ1v) is 33.7. The summed E-state index contributed by atoms with van der Waals surface area (Å²) in [6, 6.07) is 0. The molecule has 0 aromatic rings. The Hall–Kier alpha value is -3.67. The predicted molar refractivity (Wildman–Crippen MR) is 344 cm³/mol. The van der Waals surface area contributed by atoms with E-state index in [1.165, 1.54) is 154 Å². The highest BCUT2D eigenvalue weighted by molar-refractivity contribution is 5.71. The summed E-state index contributed by atoms with van der Waals surface area (Å²) in [5.41, 5.74) is 0. The van der Waals surface area contributed by atoms with E-state index in [0.29, 0.717) is 19.3 Å². The number of ether oxygens (including phenoxy) is 3. The molecule has 0 rings (SSSR count). The summed E-state index contributed by atoms with van der Waals surface area (Å²) >= 11 is 0. The topological polar surface area (TPSA) is 78.9 Å². The molecule has 0 radical (unpaired) electrons. The lowest BCUT2D eigenvalue weighted by Gasteiger charge is -2.18. The minimum Gasteiger partial charge on any atom is -0.462 e. The van der Waals surface area contributed by atoms with Crippen molar-refractivity contribution in [2.75, 3.05) is 13.2 Å². The zero-order chi connectivity index (χ0) is 57.1. The summed E-state index contributed by atoms with van der Waals surface area (Å²) in [5.74, 6) is -0.891. The molecule has 0 N–H and O–H groups in total. The summed E-state index contributed by atoms with van der Waals surface area (Å²) in [5, 5.41) is 0. The molecule has 6 nitrogen and oxygen atoms in total. The Morgan fingerprint density at radius 2 is 0.519 bits per heavy atom. The maximum atomic E-state index is 12.9. The SMILES string of the molecule is CC/C=C\C/C=C\C/C=C\C/C=C\C/C=C\C/C=C\CCCCCCCCCCC(=O)OCC(COC(=O)CCCCCCC/C=C\C/C=C\CCC)OC(=O)CCCCCCCCCCCCCCCCCCCCCCC. The van der Waals surface area contributed by atoms with Crippen LogP contribution < -0.4 is 0 Å². The van der Waals surface area contributed by atoms with Gasteiger partial charge in [0.15, 0.2) is 6.10 Å². The average molecular weight is 1100 g/mol. The van der Waals surface area contributed by atoms with Crippen LogP contribution in [0.4, 0.5) is 0 Å². The highest BCUT2D eigenvalue weighted by atomic mass is 16.6. The molecule has 0 saturated heterocycles. The van der Waals surface area contributed by atoms with E-state index in [2.05, 4.69) is 118 Å². The van der Waals surface area contributed by atoms with Gasteiger partial charge in [-0.3, -0.25) is 14.4 Å². The van der Waals surface area contributed by atoms with Crippen LogP contribution in [0, 0.1) is 0 Å². The lowest BCUT2D eigenvalue weighted by atomic mass is 10.0. The lowest BCUT2D eigenvalue weighted by Crippen LogP contribution is -2.30. The molecule has 0 aliphatic carbocycles. The van der Waals surface area contributed by atoms with Gasteiger partial charge in [0.05, 0.1) is 0 Å². The highest BCUT2D eigenvalue weighted by Gasteiger charge is 2.19. The van der Waals surface area contributed by atoms with E-state index in [9.17, 15) is 14.4 Å². The van der Waals surface area contributed by atoms with Gasteiger partial charge in [0.25, 0.3) is 0 Å². The van der Waals surface area contributed by atoms with Gasteiger partial charge < -0.3 is 14.2 Å². The fraction of sp³-hybridized carbons (Fsp3) is 0.740. The second kappa shape index (κ2) is 66.8. The largest absolute Gasteiger partial charge is 0.462 e. The molecule has 0 heterocycles. The summed E-state index contributed by atoms with van der Waals surface area (Å²) in [6.07, 6.45) is 89.9. The standard InChI is InChI=1S/C73H126O6/c1-4-7-10-13-16-19-22-25-27-29-31-33-34-35-36-37-38-40-41-43-45-48-51-54-57-60-63-66-72(75)78-69-70(68-77-71(74)65-62-59-56-53-50-47-24-21-18-15-12-9-6-3)79-73(76)67-64-61-58-55-52-49-46-44-42-39-32-30-28-26-23-20-17-14-11-8-5-2/h7,10,12,15-16,19,21,24-25,27,31,33,35-36,38,40,70H,4-6,8-9,11,13-14,17-18,20,22-23,26,28-30,32,34,37,39,41-69H2,1-3H3/b10-7-,15-12-,19-16-,24-21-,27-25-,33-31-,36-35-,40-38-. The van der Waals surface area contributed by atoms with Crippen molar-refractivity contribution in [1.29, 1.82) is 0 Å². The van der Waals surface area contributed by atoms with Gasteiger partial charge in [-0.1, -0.05) is 311 Å². The van der Waals surface area contributed by atoms with Crippen molar-refractivity contribution in [2.24, 2.45) is 0 Å². The van der Waals surface area contributed by atoms with E-state index < -0.39 is 6.10 Å². The van der Waals surface area contributed by atoms with E-state index in [1.807, 2.05) is 0 Å². The van der Waals surface area contributed by atoms with Crippen molar-refractivity contribution < 1.29 is 28.6 Å². The lowest BCUT2D eigenvalue weighted by molar-refractivity contribution is -0.167. The third-order valence-corrected chi connectivity index (χ3v) is 14.6. The number of rotatable bonds is 61. The Morgan fingerprint density at radius 3 is 0.823 bits per heavy atom. The second-order valence-electron chi connectivity index (χ2n) is 22.4. The first-order valence-electron chi connectivity index (χ1n) is 33.7. The van der Waals surface area contributed by atoms with Crippen LogP contribution in [-0.4, -0.2) is 37.2 Å². The molecule has 0 aliphatic heterocycles. The number of carbonyl (C=O) groups excluding carboxylic acids is 3. The van der Waals surface area contributed by atoms with Gasteiger partial charge in [0.1, 0.15) is 13.2 Å². The number of hydrogen-bond acceptors (Lipinski definition) is 6. The number of carbonyl (C=O) groups is 3. The molecule has 0 aromatic heterocycles. The van der Waals surface area contributed by atoms with Crippen LogP contribution in [0.5, 0.6) is 0 Å². The van der Waals surface area contributed by atoms with Crippen molar-refractivity contribution in [2.45, 2.75) is 335 Å². The van der Waals surface area contributed by atoms with Gasteiger partial charge in [-0.15, -0.1) is 0 Å². The number of hydrogen-bond donors (Lipinski definition) is 0. The monoisotopic (exact) mass is 1100 g/mol. The molecule has 0 saturated carbocycles. The van der Waals surface area contributed by atoms with Crippen LogP contribution in [0.15, 0.2) is 97.2 Å². The Balaban J connectivity index is 4.31. The number of allylic oxidation sites excluding steroid dienone is 16. The van der Waals surface area contributed by atoms with Gasteiger partial charge >= 0.3 is 17.9 Å². The normalized spacial score (nSPS) is 12.7. The minimum atomic E-state index is -0.787. The smallest absolute Gasteiger partial charge is 0.306 e. The molecule has 6 heteroatoms. The first-order chi connectivity index (χ1) is 39.0. The third-order valence-electron chi connectivity index (χ3n) is 14.6. The highest BCUT2D eigenvalue weighted by Crippen LogP contribution is 2.17. The zero-order valence-electron chi connectivity index (χ0n) is 52.1. The molecule has 79 heavy (non-hydrogen) atoms. The van der Waals surface area contributed by atoms with Crippen molar-refractivity contribution in [3.63, 3.8) is 0 Å². The van der Waals surface area contributed by atoms with E-state index in [1.54, 1.807) is 0 Å². The van der Waals surface area contributed by atoms with Gasteiger partial charge in [-0.05, 0) is 96.3 Å². The minimum absolute atomic E-state index is 0.0841. The zero-order valence-corrected chi connectivity index (χ0v) is 52.1. The van der Waals surface area contributed by atoms with E-state index >= 15 is 0 Å². The Morgan fingerprint density at radius 1 is 0.266 bits per heavy atom. The fourth-order valence-electron chi connectivity index (χ4n) is 9.55.